The Bertz CT molecular complexity index is 603. The van der Waals surface area contributed by atoms with Crippen LogP contribution in [0.3, 0.4) is 0 Å². The number of para-hydroxylation sites is 1. The minimum absolute atomic E-state index is 0.0126. The number of nitrogens with one attached hydrogen (secondary N) is 1. The zero-order chi connectivity index (χ0) is 17.6. The van der Waals surface area contributed by atoms with E-state index in [1.807, 2.05) is 29.2 Å². The summed E-state index contributed by atoms with van der Waals surface area (Å²) >= 11 is 0. The molecule has 1 aromatic carbocycles. The van der Waals surface area contributed by atoms with Gasteiger partial charge in [0.05, 0.1) is 13.2 Å². The van der Waals surface area contributed by atoms with Gasteiger partial charge < -0.3 is 15.0 Å². The first-order chi connectivity index (χ1) is 12.2. The predicted octanol–water partition coefficient (Wildman–Crippen LogP) is 2.85. The molecule has 3 rings (SSSR count). The van der Waals surface area contributed by atoms with Crippen molar-refractivity contribution in [3.05, 3.63) is 29.8 Å². The van der Waals surface area contributed by atoms with Crippen molar-refractivity contribution in [1.29, 1.82) is 0 Å². The Morgan fingerprint density at radius 1 is 1.08 bits per heavy atom. The van der Waals surface area contributed by atoms with Crippen molar-refractivity contribution >= 4 is 17.5 Å². The number of rotatable bonds is 4. The lowest BCUT2D eigenvalue weighted by molar-refractivity contribution is -0.141. The van der Waals surface area contributed by atoms with Crippen LogP contribution >= 0.6 is 0 Å². The molecule has 1 aliphatic carbocycles. The highest BCUT2D eigenvalue weighted by atomic mass is 16.5. The predicted molar refractivity (Wildman–Crippen MR) is 97.3 cm³/mol. The van der Waals surface area contributed by atoms with E-state index in [2.05, 4.69) is 12.2 Å². The summed E-state index contributed by atoms with van der Waals surface area (Å²) in [5, 5.41) is 3.09. The molecule has 1 aromatic rings. The van der Waals surface area contributed by atoms with Crippen molar-refractivity contribution in [3.63, 3.8) is 0 Å². The van der Waals surface area contributed by atoms with Crippen LogP contribution in [-0.4, -0.2) is 43.0 Å². The number of benzene rings is 1. The summed E-state index contributed by atoms with van der Waals surface area (Å²) in [4.78, 5) is 27.1. The van der Waals surface area contributed by atoms with E-state index in [4.69, 9.17) is 4.74 Å². The second kappa shape index (κ2) is 8.48. The van der Waals surface area contributed by atoms with Gasteiger partial charge in [-0.1, -0.05) is 25.1 Å². The van der Waals surface area contributed by atoms with Crippen LogP contribution in [0.1, 0.15) is 38.2 Å². The number of carbonyl (C=O) groups excluding carboxylic acids is 2. The fourth-order valence-corrected chi connectivity index (χ4v) is 3.83. The maximum absolute atomic E-state index is 12.6. The molecule has 0 spiro atoms. The van der Waals surface area contributed by atoms with E-state index < -0.39 is 0 Å². The van der Waals surface area contributed by atoms with Crippen molar-refractivity contribution in [2.75, 3.05) is 31.6 Å². The Balaban J connectivity index is 1.51. The van der Waals surface area contributed by atoms with Crippen molar-refractivity contribution in [3.8, 4) is 0 Å². The average Bonchev–Trinajstić information content (AvgIpc) is 2.68. The number of carbonyl (C=O) groups is 2. The van der Waals surface area contributed by atoms with Crippen LogP contribution in [-0.2, 0) is 20.7 Å². The number of aryl methyl sites for hydroxylation is 1. The van der Waals surface area contributed by atoms with Crippen molar-refractivity contribution in [2.45, 2.75) is 39.0 Å². The summed E-state index contributed by atoms with van der Waals surface area (Å²) in [6.45, 7) is 4.77. The minimum atomic E-state index is 0.0126. The van der Waals surface area contributed by atoms with Crippen molar-refractivity contribution in [1.82, 2.24) is 4.90 Å². The molecule has 2 aliphatic rings. The molecule has 1 N–H and O–H groups in total. The molecule has 1 heterocycles. The van der Waals surface area contributed by atoms with E-state index >= 15 is 0 Å². The van der Waals surface area contributed by atoms with Crippen molar-refractivity contribution < 1.29 is 14.3 Å². The SMILES string of the molecule is CCc1ccccc1NC(=O)C1CCC(C(=O)N2CCOCC2)CC1. The third kappa shape index (κ3) is 4.40. The monoisotopic (exact) mass is 344 g/mol. The Morgan fingerprint density at radius 3 is 2.40 bits per heavy atom. The largest absolute Gasteiger partial charge is 0.378 e. The van der Waals surface area contributed by atoms with Gasteiger partial charge in [0.15, 0.2) is 0 Å². The molecule has 2 amide bonds. The standard InChI is InChI=1S/C20H28N2O3/c1-2-15-5-3-4-6-18(15)21-19(23)16-7-9-17(10-8-16)20(24)22-11-13-25-14-12-22/h3-6,16-17H,2,7-14H2,1H3,(H,21,23). The lowest BCUT2D eigenvalue weighted by Gasteiger charge is -2.33. The molecule has 5 nitrogen and oxygen atoms in total. The lowest BCUT2D eigenvalue weighted by Crippen LogP contribution is -2.44. The smallest absolute Gasteiger partial charge is 0.227 e. The number of morpholine rings is 1. The van der Waals surface area contributed by atoms with Gasteiger partial charge in [0.2, 0.25) is 11.8 Å². The molecule has 136 valence electrons. The fourth-order valence-electron chi connectivity index (χ4n) is 3.83. The summed E-state index contributed by atoms with van der Waals surface area (Å²) in [5.41, 5.74) is 2.08. The van der Waals surface area contributed by atoms with E-state index in [0.717, 1.165) is 43.4 Å². The Kier molecular flexibility index (Phi) is 6.08. The molecule has 2 fully saturated rings. The fraction of sp³-hybridized carbons (Fsp3) is 0.600. The molecule has 1 saturated heterocycles. The summed E-state index contributed by atoms with van der Waals surface area (Å²) in [5.74, 6) is 0.431. The zero-order valence-electron chi connectivity index (χ0n) is 15.0. The molecule has 0 atom stereocenters. The molecular formula is C20H28N2O3. The van der Waals surface area contributed by atoms with Crippen LogP contribution in [0.5, 0.6) is 0 Å². The van der Waals surface area contributed by atoms with Crippen LogP contribution in [0.2, 0.25) is 0 Å². The molecule has 1 aliphatic heterocycles. The van der Waals surface area contributed by atoms with Crippen LogP contribution < -0.4 is 5.32 Å². The van der Waals surface area contributed by atoms with E-state index in [-0.39, 0.29) is 23.7 Å². The first-order valence-corrected chi connectivity index (χ1v) is 9.44. The Morgan fingerprint density at radius 2 is 1.72 bits per heavy atom. The first kappa shape index (κ1) is 17.9. The number of nitrogens with zero attached hydrogens (tertiary/aromatic N) is 1. The second-order valence-electron chi connectivity index (χ2n) is 6.99. The van der Waals surface area contributed by atoms with Crippen molar-refractivity contribution in [2.24, 2.45) is 11.8 Å². The molecule has 0 aromatic heterocycles. The van der Waals surface area contributed by atoms with Gasteiger partial charge in [-0.15, -0.1) is 0 Å². The van der Waals surface area contributed by atoms with Crippen LogP contribution in [0, 0.1) is 11.8 Å². The highest BCUT2D eigenvalue weighted by molar-refractivity contribution is 5.93. The second-order valence-corrected chi connectivity index (χ2v) is 6.99. The zero-order valence-corrected chi connectivity index (χ0v) is 15.0. The van der Waals surface area contributed by atoms with E-state index in [1.54, 1.807) is 0 Å². The third-order valence-corrected chi connectivity index (χ3v) is 5.43. The molecular weight excluding hydrogens is 316 g/mol. The van der Waals surface area contributed by atoms with E-state index in [0.29, 0.717) is 26.3 Å². The minimum Gasteiger partial charge on any atom is -0.378 e. The number of hydrogen-bond acceptors (Lipinski definition) is 3. The third-order valence-electron chi connectivity index (χ3n) is 5.43. The summed E-state index contributed by atoms with van der Waals surface area (Å²) in [6, 6.07) is 7.96. The van der Waals surface area contributed by atoms with Crippen LogP contribution in [0.15, 0.2) is 24.3 Å². The first-order valence-electron chi connectivity index (χ1n) is 9.44. The van der Waals surface area contributed by atoms with E-state index in [1.165, 1.54) is 0 Å². The van der Waals surface area contributed by atoms with Gasteiger partial charge >= 0.3 is 0 Å². The van der Waals surface area contributed by atoms with Gasteiger partial charge in [-0.3, -0.25) is 9.59 Å². The summed E-state index contributed by atoms with van der Waals surface area (Å²) < 4.78 is 5.31. The van der Waals surface area contributed by atoms with E-state index in [9.17, 15) is 9.59 Å². The van der Waals surface area contributed by atoms with Crippen LogP contribution in [0.4, 0.5) is 5.69 Å². The average molecular weight is 344 g/mol. The summed E-state index contributed by atoms with van der Waals surface area (Å²) in [7, 11) is 0. The molecule has 0 bridgehead atoms. The maximum Gasteiger partial charge on any atom is 0.227 e. The van der Waals surface area contributed by atoms with Crippen LogP contribution in [0.25, 0.3) is 0 Å². The molecule has 25 heavy (non-hydrogen) atoms. The van der Waals surface area contributed by atoms with Gasteiger partial charge in [0.1, 0.15) is 0 Å². The van der Waals surface area contributed by atoms with Gasteiger partial charge in [-0.25, -0.2) is 0 Å². The number of amides is 2. The molecule has 0 unspecified atom stereocenters. The highest BCUT2D eigenvalue weighted by Crippen LogP contribution is 2.31. The number of anilines is 1. The Hall–Kier alpha value is -1.88. The topological polar surface area (TPSA) is 58.6 Å². The molecule has 0 radical (unpaired) electrons. The number of ether oxygens (including phenoxy) is 1. The quantitative estimate of drug-likeness (QED) is 0.914. The highest BCUT2D eigenvalue weighted by Gasteiger charge is 2.32. The van der Waals surface area contributed by atoms with Gasteiger partial charge in [-0.05, 0) is 43.7 Å². The molecule has 5 heteroatoms. The molecule has 1 saturated carbocycles. The lowest BCUT2D eigenvalue weighted by atomic mass is 9.80. The summed E-state index contributed by atoms with van der Waals surface area (Å²) in [6.07, 6.45) is 4.10. The maximum atomic E-state index is 12.6. The van der Waals surface area contributed by atoms with Gasteiger partial charge in [-0.2, -0.15) is 0 Å². The Labute approximate surface area is 149 Å². The normalized spacial score (nSPS) is 24.0. The van der Waals surface area contributed by atoms with Gasteiger partial charge in [0, 0.05) is 30.6 Å². The van der Waals surface area contributed by atoms with Gasteiger partial charge in [0.25, 0.3) is 0 Å². The number of hydrogen-bond donors (Lipinski definition) is 1.